The molecule has 0 spiro atoms. The summed E-state index contributed by atoms with van der Waals surface area (Å²) in [5.41, 5.74) is 13.9. The van der Waals surface area contributed by atoms with Crippen LogP contribution in [0.2, 0.25) is 5.02 Å². The normalized spacial score (nSPS) is 18.3. The summed E-state index contributed by atoms with van der Waals surface area (Å²) in [4.78, 5) is 15.9. The number of hydrogen-bond donors (Lipinski definition) is 1. The van der Waals surface area contributed by atoms with E-state index in [4.69, 9.17) is 22.1 Å². The first-order valence-electron chi connectivity index (χ1n) is 13.6. The number of benzene rings is 3. The van der Waals surface area contributed by atoms with Crippen molar-refractivity contribution in [3.8, 4) is 11.8 Å². The van der Waals surface area contributed by atoms with Crippen LogP contribution in [0, 0.1) is 43.3 Å². The largest absolute Gasteiger partial charge is 0.487 e. The summed E-state index contributed by atoms with van der Waals surface area (Å²) in [5.74, 6) is -0.310. The number of nitriles is 1. The second kappa shape index (κ2) is 10.7. The molecular weight excluding hydrogens is 537 g/mol. The highest BCUT2D eigenvalue weighted by molar-refractivity contribution is 6.32. The van der Waals surface area contributed by atoms with Crippen LogP contribution in [-0.4, -0.2) is 5.78 Å². The number of ether oxygens (including phenoxy) is 1. The number of carbonyl (C=O) groups excluding carboxylic acids is 1. The molecular formula is C34H33ClFN3O2. The Morgan fingerprint density at radius 3 is 2.54 bits per heavy atom. The standard InChI is InChI=1S/C34H33ClFN3O2/c1-19-7-6-8-24(11-19)39-28-15-34(4,5)16-29(40)32(28)31(26(17-37)33(39)38)25-13-22(20(2)12-21(25)3)18-41-30-10-9-23(36)14-27(30)35/h6-14,31H,15-16,18,38H2,1-5H3. The minimum Gasteiger partial charge on any atom is -0.487 e. The highest BCUT2D eigenvalue weighted by atomic mass is 35.5. The summed E-state index contributed by atoms with van der Waals surface area (Å²) in [6.45, 7) is 10.3. The van der Waals surface area contributed by atoms with Gasteiger partial charge in [-0.1, -0.05) is 49.7 Å². The van der Waals surface area contributed by atoms with Crippen LogP contribution in [0.5, 0.6) is 5.75 Å². The SMILES string of the molecule is Cc1cccc(N2C(N)=C(C#N)C(c3cc(COc4ccc(F)cc4Cl)c(C)cc3C)C3=C2CC(C)(C)CC3=O)c1. The Hall–Kier alpha value is -4.08. The molecule has 1 aliphatic heterocycles. The lowest BCUT2D eigenvalue weighted by Crippen LogP contribution is -2.42. The maximum Gasteiger partial charge on any atom is 0.162 e. The second-order valence-corrected chi connectivity index (χ2v) is 12.2. The van der Waals surface area contributed by atoms with Crippen molar-refractivity contribution < 1.29 is 13.9 Å². The van der Waals surface area contributed by atoms with Gasteiger partial charge in [0, 0.05) is 23.4 Å². The van der Waals surface area contributed by atoms with Gasteiger partial charge in [-0.25, -0.2) is 4.39 Å². The number of carbonyl (C=O) groups is 1. The van der Waals surface area contributed by atoms with E-state index in [9.17, 15) is 14.4 Å². The molecule has 0 saturated carbocycles. The molecule has 0 aromatic heterocycles. The lowest BCUT2D eigenvalue weighted by Gasteiger charge is -2.44. The Morgan fingerprint density at radius 2 is 1.85 bits per heavy atom. The Morgan fingerprint density at radius 1 is 1.10 bits per heavy atom. The molecule has 5 rings (SSSR count). The van der Waals surface area contributed by atoms with Gasteiger partial charge >= 0.3 is 0 Å². The first-order chi connectivity index (χ1) is 19.4. The maximum atomic E-state index is 14.0. The first kappa shape index (κ1) is 28.4. The lowest BCUT2D eigenvalue weighted by atomic mass is 9.68. The number of anilines is 1. The van der Waals surface area contributed by atoms with Crippen molar-refractivity contribution in [2.45, 2.75) is 60.0 Å². The summed E-state index contributed by atoms with van der Waals surface area (Å²) in [5, 5.41) is 10.7. The van der Waals surface area contributed by atoms with Gasteiger partial charge in [0.25, 0.3) is 0 Å². The van der Waals surface area contributed by atoms with Crippen LogP contribution in [0.15, 0.2) is 77.3 Å². The molecule has 2 aliphatic rings. The Bertz CT molecular complexity index is 1680. The fraction of sp³-hybridized carbons (Fsp3) is 0.294. The number of hydrogen-bond acceptors (Lipinski definition) is 5. The number of allylic oxidation sites excluding steroid dienone is 3. The molecule has 3 aromatic carbocycles. The molecule has 0 radical (unpaired) electrons. The van der Waals surface area contributed by atoms with E-state index in [1.807, 2.05) is 62.1 Å². The van der Waals surface area contributed by atoms with Crippen LogP contribution >= 0.6 is 11.6 Å². The lowest BCUT2D eigenvalue weighted by molar-refractivity contribution is -0.118. The van der Waals surface area contributed by atoms with Crippen molar-refractivity contribution in [2.75, 3.05) is 4.90 Å². The van der Waals surface area contributed by atoms with Gasteiger partial charge in [-0.05, 0) is 90.8 Å². The Kier molecular flexibility index (Phi) is 7.44. The summed E-state index contributed by atoms with van der Waals surface area (Å²) in [6, 6.07) is 18.3. The van der Waals surface area contributed by atoms with E-state index in [1.54, 1.807) is 0 Å². The molecule has 210 valence electrons. The van der Waals surface area contributed by atoms with Gasteiger partial charge in [0.15, 0.2) is 5.78 Å². The number of rotatable bonds is 5. The number of Topliss-reactive ketones (excluding diaryl/α,β-unsaturated/α-hetero) is 1. The zero-order valence-corrected chi connectivity index (χ0v) is 24.7. The van der Waals surface area contributed by atoms with Crippen molar-refractivity contribution in [3.63, 3.8) is 0 Å². The molecule has 1 atom stereocenters. The van der Waals surface area contributed by atoms with E-state index in [0.29, 0.717) is 35.6 Å². The van der Waals surface area contributed by atoms with Crippen molar-refractivity contribution in [1.29, 1.82) is 5.26 Å². The third kappa shape index (κ3) is 5.35. The molecule has 7 heteroatoms. The summed E-state index contributed by atoms with van der Waals surface area (Å²) < 4.78 is 19.5. The van der Waals surface area contributed by atoms with Crippen LogP contribution in [-0.2, 0) is 11.4 Å². The Labute approximate surface area is 245 Å². The quantitative estimate of drug-likeness (QED) is 0.337. The minimum atomic E-state index is -0.603. The molecule has 0 fully saturated rings. The highest BCUT2D eigenvalue weighted by Crippen LogP contribution is 2.51. The zero-order chi connectivity index (χ0) is 29.6. The van der Waals surface area contributed by atoms with Gasteiger partial charge in [0.05, 0.1) is 22.6 Å². The highest BCUT2D eigenvalue weighted by Gasteiger charge is 2.45. The zero-order valence-electron chi connectivity index (χ0n) is 23.9. The van der Waals surface area contributed by atoms with Crippen molar-refractivity contribution >= 4 is 23.1 Å². The summed E-state index contributed by atoms with van der Waals surface area (Å²) in [7, 11) is 0. The van der Waals surface area contributed by atoms with E-state index in [1.165, 1.54) is 18.2 Å². The predicted octanol–water partition coefficient (Wildman–Crippen LogP) is 7.92. The fourth-order valence-corrected chi connectivity index (χ4v) is 6.23. The molecule has 1 unspecified atom stereocenters. The van der Waals surface area contributed by atoms with Crippen molar-refractivity contribution in [1.82, 2.24) is 0 Å². The Balaban J connectivity index is 1.66. The molecule has 5 nitrogen and oxygen atoms in total. The van der Waals surface area contributed by atoms with Gasteiger partial charge < -0.3 is 10.5 Å². The fourth-order valence-electron chi connectivity index (χ4n) is 6.01. The van der Waals surface area contributed by atoms with Gasteiger partial charge in [-0.2, -0.15) is 5.26 Å². The summed E-state index contributed by atoms with van der Waals surface area (Å²) >= 11 is 6.19. The smallest absolute Gasteiger partial charge is 0.162 e. The average Bonchev–Trinajstić information content (AvgIpc) is 2.88. The van der Waals surface area contributed by atoms with Crippen molar-refractivity contribution in [2.24, 2.45) is 11.1 Å². The van der Waals surface area contributed by atoms with E-state index in [-0.39, 0.29) is 22.8 Å². The van der Waals surface area contributed by atoms with Gasteiger partial charge in [0.2, 0.25) is 0 Å². The van der Waals surface area contributed by atoms with Gasteiger partial charge in [-0.3, -0.25) is 9.69 Å². The number of nitrogens with zero attached hydrogens (tertiary/aromatic N) is 2. The summed E-state index contributed by atoms with van der Waals surface area (Å²) in [6.07, 6.45) is 1.02. The number of nitrogens with two attached hydrogens (primary N) is 1. The van der Waals surface area contributed by atoms with Crippen LogP contribution in [0.4, 0.5) is 10.1 Å². The molecule has 1 heterocycles. The van der Waals surface area contributed by atoms with E-state index < -0.39 is 11.7 Å². The van der Waals surface area contributed by atoms with Crippen LogP contribution in [0.3, 0.4) is 0 Å². The molecule has 41 heavy (non-hydrogen) atoms. The van der Waals surface area contributed by atoms with Gasteiger partial charge in [-0.15, -0.1) is 0 Å². The molecule has 0 bridgehead atoms. The van der Waals surface area contributed by atoms with E-state index in [2.05, 4.69) is 19.9 Å². The van der Waals surface area contributed by atoms with E-state index >= 15 is 0 Å². The molecule has 1 aliphatic carbocycles. The first-order valence-corrected chi connectivity index (χ1v) is 14.0. The maximum absolute atomic E-state index is 14.0. The predicted molar refractivity (Wildman–Crippen MR) is 160 cm³/mol. The van der Waals surface area contributed by atoms with Crippen LogP contribution in [0.1, 0.15) is 60.4 Å². The number of ketones is 1. The number of halogens is 2. The van der Waals surface area contributed by atoms with Crippen LogP contribution in [0.25, 0.3) is 0 Å². The van der Waals surface area contributed by atoms with Crippen molar-refractivity contribution in [3.05, 3.63) is 116 Å². The minimum absolute atomic E-state index is 0.0232. The molecule has 0 saturated heterocycles. The molecule has 2 N–H and O–H groups in total. The second-order valence-electron chi connectivity index (χ2n) is 11.8. The topological polar surface area (TPSA) is 79.3 Å². The molecule has 0 amide bonds. The van der Waals surface area contributed by atoms with Crippen LogP contribution < -0.4 is 15.4 Å². The average molecular weight is 570 g/mol. The van der Waals surface area contributed by atoms with Gasteiger partial charge in [0.1, 0.15) is 24.0 Å². The van der Waals surface area contributed by atoms with E-state index in [0.717, 1.165) is 39.2 Å². The third-order valence-electron chi connectivity index (χ3n) is 7.95. The third-order valence-corrected chi connectivity index (χ3v) is 8.25. The molecule has 3 aromatic rings. The number of aryl methyl sites for hydroxylation is 3. The monoisotopic (exact) mass is 569 g/mol.